The number of carbonyl (C=O) groups is 1. The fourth-order valence-corrected chi connectivity index (χ4v) is 2.39. The number of hydrogen-bond donors (Lipinski definition) is 5. The Kier molecular flexibility index (Phi) is 6.54. The first-order valence-corrected chi connectivity index (χ1v) is 7.64. The zero-order valence-corrected chi connectivity index (χ0v) is 14.0. The first-order chi connectivity index (χ1) is 10.4. The summed E-state index contributed by atoms with van der Waals surface area (Å²) < 4.78 is 11.0. The van der Waals surface area contributed by atoms with Gasteiger partial charge in [0.2, 0.25) is 0 Å². The second-order valence-electron chi connectivity index (χ2n) is 7.36. The highest BCUT2D eigenvalue weighted by Gasteiger charge is 2.54. The predicted molar refractivity (Wildman–Crippen MR) is 79.5 cm³/mol. The van der Waals surface area contributed by atoms with Crippen molar-refractivity contribution in [1.29, 1.82) is 0 Å². The van der Waals surface area contributed by atoms with E-state index in [9.17, 15) is 25.2 Å². The maximum absolute atomic E-state index is 11.7. The molecule has 0 aromatic heterocycles. The molecular formula is C15H28O8. The quantitative estimate of drug-likeness (QED) is 0.431. The number of hydrogen-bond acceptors (Lipinski definition) is 7. The number of rotatable bonds is 6. The van der Waals surface area contributed by atoms with Crippen molar-refractivity contribution in [2.24, 2.45) is 11.3 Å². The Morgan fingerprint density at radius 1 is 1.39 bits per heavy atom. The van der Waals surface area contributed by atoms with E-state index in [0.717, 1.165) is 0 Å². The van der Waals surface area contributed by atoms with Crippen LogP contribution in [0.1, 0.15) is 34.1 Å². The van der Waals surface area contributed by atoms with Crippen molar-refractivity contribution >= 4 is 5.97 Å². The van der Waals surface area contributed by atoms with Crippen molar-refractivity contribution in [3.8, 4) is 0 Å². The molecule has 1 saturated heterocycles. The Morgan fingerprint density at radius 2 is 1.96 bits per heavy atom. The zero-order valence-electron chi connectivity index (χ0n) is 14.0. The van der Waals surface area contributed by atoms with Crippen LogP contribution in [-0.4, -0.2) is 74.9 Å². The highest BCUT2D eigenvalue weighted by Crippen LogP contribution is 2.37. The summed E-state index contributed by atoms with van der Waals surface area (Å²) in [5.41, 5.74) is -0.335. The minimum atomic E-state index is -2.11. The molecule has 8 heteroatoms. The maximum Gasteiger partial charge on any atom is 0.364 e. The van der Waals surface area contributed by atoms with Gasteiger partial charge in [-0.05, 0) is 5.41 Å². The number of aliphatic hydroxyl groups is 4. The standard InChI is InChI=1S/C15H28O8/c1-8-9(17)5-15(13(20)21,22-7-14(2,3)4)23-12(8)11(19)10(18)6-16/h8-12,16-19H,5-7H2,1-4H3,(H,20,21)/t8-,9-,10-,11-,12?,15-/m1/s1. The Hall–Kier alpha value is -0.770. The smallest absolute Gasteiger partial charge is 0.364 e. The van der Waals surface area contributed by atoms with E-state index in [2.05, 4.69) is 0 Å². The van der Waals surface area contributed by atoms with Crippen LogP contribution in [0.2, 0.25) is 0 Å². The molecule has 8 nitrogen and oxygen atoms in total. The molecule has 0 aromatic rings. The van der Waals surface area contributed by atoms with Gasteiger partial charge in [0.25, 0.3) is 5.79 Å². The van der Waals surface area contributed by atoms with Gasteiger partial charge in [0.15, 0.2) is 0 Å². The molecule has 0 bridgehead atoms. The molecule has 5 N–H and O–H groups in total. The number of aliphatic carboxylic acids is 1. The van der Waals surface area contributed by atoms with Crippen LogP contribution in [0.3, 0.4) is 0 Å². The minimum Gasteiger partial charge on any atom is -0.477 e. The largest absolute Gasteiger partial charge is 0.477 e. The van der Waals surface area contributed by atoms with E-state index in [4.69, 9.17) is 14.6 Å². The summed E-state index contributed by atoms with van der Waals surface area (Å²) >= 11 is 0. The molecule has 1 rings (SSSR count). The monoisotopic (exact) mass is 336 g/mol. The number of aliphatic hydroxyl groups excluding tert-OH is 4. The van der Waals surface area contributed by atoms with Gasteiger partial charge in [-0.2, -0.15) is 0 Å². The molecule has 1 aliphatic heterocycles. The molecule has 0 amide bonds. The van der Waals surface area contributed by atoms with E-state index >= 15 is 0 Å². The van der Waals surface area contributed by atoms with Crippen LogP contribution >= 0.6 is 0 Å². The van der Waals surface area contributed by atoms with Crippen molar-refractivity contribution < 1.29 is 39.8 Å². The molecule has 0 radical (unpaired) electrons. The van der Waals surface area contributed by atoms with Crippen molar-refractivity contribution in [2.45, 2.75) is 64.3 Å². The van der Waals surface area contributed by atoms with Crippen LogP contribution in [0, 0.1) is 11.3 Å². The van der Waals surface area contributed by atoms with Gasteiger partial charge >= 0.3 is 5.97 Å². The van der Waals surface area contributed by atoms with Crippen molar-refractivity contribution in [2.75, 3.05) is 13.2 Å². The van der Waals surface area contributed by atoms with Crippen LogP contribution in [0.4, 0.5) is 0 Å². The first-order valence-electron chi connectivity index (χ1n) is 7.64. The third-order valence-electron chi connectivity index (χ3n) is 3.91. The summed E-state index contributed by atoms with van der Waals surface area (Å²) in [5, 5.41) is 48.4. The van der Waals surface area contributed by atoms with Gasteiger partial charge in [-0.25, -0.2) is 4.79 Å². The van der Waals surface area contributed by atoms with Crippen LogP contribution in [0.25, 0.3) is 0 Å². The van der Waals surface area contributed by atoms with Gasteiger partial charge in [-0.15, -0.1) is 0 Å². The van der Waals surface area contributed by atoms with Crippen LogP contribution in [-0.2, 0) is 14.3 Å². The topological polar surface area (TPSA) is 137 Å². The molecule has 1 unspecified atom stereocenters. The highest BCUT2D eigenvalue weighted by atomic mass is 16.7. The number of carboxylic acid groups (broad SMARTS) is 1. The van der Waals surface area contributed by atoms with Gasteiger partial charge < -0.3 is 35.0 Å². The average molecular weight is 336 g/mol. The van der Waals surface area contributed by atoms with Gasteiger partial charge in [0, 0.05) is 12.3 Å². The van der Waals surface area contributed by atoms with E-state index < -0.39 is 48.7 Å². The van der Waals surface area contributed by atoms with Crippen LogP contribution in [0.5, 0.6) is 0 Å². The molecule has 1 aliphatic rings. The lowest BCUT2D eigenvalue weighted by Crippen LogP contribution is -2.61. The normalized spacial score (nSPS) is 34.9. The molecule has 1 heterocycles. The van der Waals surface area contributed by atoms with Crippen molar-refractivity contribution in [1.82, 2.24) is 0 Å². The summed E-state index contributed by atoms with van der Waals surface area (Å²) in [6, 6.07) is 0. The van der Waals surface area contributed by atoms with Crippen molar-refractivity contribution in [3.05, 3.63) is 0 Å². The molecule has 1 fully saturated rings. The van der Waals surface area contributed by atoms with E-state index in [0.29, 0.717) is 0 Å². The van der Waals surface area contributed by atoms with Gasteiger partial charge in [0.05, 0.1) is 25.4 Å². The number of carboxylic acids is 1. The highest BCUT2D eigenvalue weighted by molar-refractivity contribution is 5.76. The van der Waals surface area contributed by atoms with E-state index in [1.807, 2.05) is 20.8 Å². The molecule has 6 atom stereocenters. The van der Waals surface area contributed by atoms with E-state index in [-0.39, 0.29) is 18.4 Å². The molecule has 0 aliphatic carbocycles. The van der Waals surface area contributed by atoms with Crippen molar-refractivity contribution in [3.63, 3.8) is 0 Å². The predicted octanol–water partition coefficient (Wildman–Crippen LogP) is -0.670. The Labute approximate surface area is 135 Å². The second kappa shape index (κ2) is 7.42. The van der Waals surface area contributed by atoms with E-state index in [1.54, 1.807) is 6.92 Å². The maximum atomic E-state index is 11.7. The zero-order chi connectivity index (χ0) is 18.0. The van der Waals surface area contributed by atoms with Crippen LogP contribution < -0.4 is 0 Å². The lowest BCUT2D eigenvalue weighted by atomic mass is 9.84. The van der Waals surface area contributed by atoms with Gasteiger partial charge in [-0.3, -0.25) is 0 Å². The Balaban J connectivity index is 3.05. The molecule has 23 heavy (non-hydrogen) atoms. The van der Waals surface area contributed by atoms with E-state index in [1.165, 1.54) is 0 Å². The lowest BCUT2D eigenvalue weighted by Gasteiger charge is -2.46. The SMILES string of the molecule is C[C@H]1C([C@H](O)[C@H](O)CO)O[C@@](OCC(C)(C)C)(C(=O)O)C[C@H]1O. The third-order valence-corrected chi connectivity index (χ3v) is 3.91. The average Bonchev–Trinajstić information content (AvgIpc) is 2.45. The lowest BCUT2D eigenvalue weighted by molar-refractivity contribution is -0.322. The summed E-state index contributed by atoms with van der Waals surface area (Å²) in [7, 11) is 0. The number of ether oxygens (including phenoxy) is 2. The molecule has 0 spiro atoms. The molecular weight excluding hydrogens is 308 g/mol. The Bertz CT molecular complexity index is 407. The Morgan fingerprint density at radius 3 is 2.39 bits per heavy atom. The molecule has 0 saturated carbocycles. The first kappa shape index (κ1) is 20.3. The molecule has 0 aromatic carbocycles. The fraction of sp³-hybridized carbons (Fsp3) is 0.933. The summed E-state index contributed by atoms with van der Waals surface area (Å²) in [6.45, 7) is 6.47. The third kappa shape index (κ3) is 4.85. The summed E-state index contributed by atoms with van der Waals surface area (Å²) in [6.07, 6.45) is -5.66. The summed E-state index contributed by atoms with van der Waals surface area (Å²) in [4.78, 5) is 11.7. The minimum absolute atomic E-state index is 0.0613. The second-order valence-corrected chi connectivity index (χ2v) is 7.36. The van der Waals surface area contributed by atoms with Crippen LogP contribution in [0.15, 0.2) is 0 Å². The summed E-state index contributed by atoms with van der Waals surface area (Å²) in [5.74, 6) is -4.17. The molecule has 136 valence electrons. The van der Waals surface area contributed by atoms with Gasteiger partial charge in [-0.1, -0.05) is 27.7 Å². The fourth-order valence-electron chi connectivity index (χ4n) is 2.39. The van der Waals surface area contributed by atoms with Gasteiger partial charge in [0.1, 0.15) is 12.2 Å².